The van der Waals surface area contributed by atoms with Gasteiger partial charge in [-0.1, -0.05) is 18.6 Å². The van der Waals surface area contributed by atoms with E-state index in [2.05, 4.69) is 10.1 Å². The van der Waals surface area contributed by atoms with E-state index in [0.717, 1.165) is 6.54 Å². The van der Waals surface area contributed by atoms with E-state index in [1.807, 2.05) is 24.3 Å². The summed E-state index contributed by atoms with van der Waals surface area (Å²) in [5, 5.41) is 3.48. The molecule has 1 atom stereocenters. The lowest BCUT2D eigenvalue weighted by Gasteiger charge is -2.23. The van der Waals surface area contributed by atoms with Crippen molar-refractivity contribution in [1.82, 2.24) is 5.32 Å². The quantitative estimate of drug-likeness (QED) is 0.775. The first-order chi connectivity index (χ1) is 7.81. The van der Waals surface area contributed by atoms with Crippen LogP contribution in [0.2, 0.25) is 0 Å². The lowest BCUT2D eigenvalue weighted by Crippen LogP contribution is -2.26. The summed E-state index contributed by atoms with van der Waals surface area (Å²) < 4.78 is 4.67. The number of carbonyl (C=O) groups is 1. The van der Waals surface area contributed by atoms with Gasteiger partial charge in [0, 0.05) is 6.04 Å². The lowest BCUT2D eigenvalue weighted by molar-refractivity contribution is 0.0600. The number of nitrogens with one attached hydrogen (secondary N) is 1. The van der Waals surface area contributed by atoms with Crippen molar-refractivity contribution in [2.45, 2.75) is 25.3 Å². The average Bonchev–Trinajstić information content (AvgIpc) is 2.39. The van der Waals surface area contributed by atoms with Crippen molar-refractivity contribution in [2.75, 3.05) is 13.7 Å². The van der Waals surface area contributed by atoms with E-state index in [-0.39, 0.29) is 5.97 Å². The molecule has 3 heteroatoms. The molecule has 0 spiro atoms. The van der Waals surface area contributed by atoms with Crippen molar-refractivity contribution in [3.05, 3.63) is 35.4 Å². The highest BCUT2D eigenvalue weighted by atomic mass is 16.5. The lowest BCUT2D eigenvalue weighted by atomic mass is 9.97. The van der Waals surface area contributed by atoms with Crippen LogP contribution >= 0.6 is 0 Å². The Balaban J connectivity index is 2.09. The van der Waals surface area contributed by atoms with E-state index in [4.69, 9.17) is 0 Å². The molecule has 1 N–H and O–H groups in total. The van der Waals surface area contributed by atoms with Gasteiger partial charge in [0.05, 0.1) is 12.7 Å². The van der Waals surface area contributed by atoms with Gasteiger partial charge in [-0.05, 0) is 37.1 Å². The van der Waals surface area contributed by atoms with Crippen LogP contribution in [0.15, 0.2) is 24.3 Å². The molecule has 0 radical (unpaired) electrons. The maximum absolute atomic E-state index is 11.3. The summed E-state index contributed by atoms with van der Waals surface area (Å²) in [6.45, 7) is 1.09. The van der Waals surface area contributed by atoms with Gasteiger partial charge in [-0.2, -0.15) is 0 Å². The maximum Gasteiger partial charge on any atom is 0.337 e. The average molecular weight is 219 g/mol. The smallest absolute Gasteiger partial charge is 0.337 e. The number of carbonyl (C=O) groups excluding carboxylic acids is 1. The third-order valence-corrected chi connectivity index (χ3v) is 3.04. The van der Waals surface area contributed by atoms with E-state index in [9.17, 15) is 4.79 Å². The minimum absolute atomic E-state index is 0.275. The van der Waals surface area contributed by atoms with Gasteiger partial charge in [-0.15, -0.1) is 0 Å². The van der Waals surface area contributed by atoms with E-state index in [1.165, 1.54) is 31.9 Å². The predicted octanol–water partition coefficient (Wildman–Crippen LogP) is 2.29. The van der Waals surface area contributed by atoms with Crippen LogP contribution in [0, 0.1) is 0 Å². The second-order valence-electron chi connectivity index (χ2n) is 4.12. The molecular weight excluding hydrogens is 202 g/mol. The fraction of sp³-hybridized carbons (Fsp3) is 0.462. The molecule has 1 heterocycles. The van der Waals surface area contributed by atoms with E-state index >= 15 is 0 Å². The Morgan fingerprint density at radius 3 is 2.62 bits per heavy atom. The molecule has 0 unspecified atom stereocenters. The molecule has 0 aliphatic carbocycles. The Hall–Kier alpha value is -1.35. The molecule has 3 nitrogen and oxygen atoms in total. The summed E-state index contributed by atoms with van der Waals surface area (Å²) in [5.74, 6) is -0.275. The number of piperidine rings is 1. The van der Waals surface area contributed by atoms with Crippen LogP contribution in [0.1, 0.15) is 41.2 Å². The summed E-state index contributed by atoms with van der Waals surface area (Å²) in [7, 11) is 1.40. The minimum Gasteiger partial charge on any atom is -0.465 e. The summed E-state index contributed by atoms with van der Waals surface area (Å²) >= 11 is 0. The van der Waals surface area contributed by atoms with Crippen LogP contribution in [-0.2, 0) is 4.74 Å². The molecular formula is C13H17NO2. The molecule has 0 bridgehead atoms. The number of rotatable bonds is 2. The van der Waals surface area contributed by atoms with Crippen molar-refractivity contribution in [2.24, 2.45) is 0 Å². The van der Waals surface area contributed by atoms with Gasteiger partial charge in [0.1, 0.15) is 0 Å². The monoisotopic (exact) mass is 219 g/mol. The summed E-state index contributed by atoms with van der Waals surface area (Å²) in [6, 6.07) is 8.12. The van der Waals surface area contributed by atoms with E-state index < -0.39 is 0 Å². The molecule has 1 aromatic carbocycles. The molecule has 1 saturated heterocycles. The number of hydrogen-bond donors (Lipinski definition) is 1. The molecule has 86 valence electrons. The summed E-state index contributed by atoms with van der Waals surface area (Å²) in [4.78, 5) is 11.3. The molecule has 2 rings (SSSR count). The van der Waals surface area contributed by atoms with Gasteiger partial charge < -0.3 is 10.1 Å². The van der Waals surface area contributed by atoms with Gasteiger partial charge in [-0.25, -0.2) is 4.79 Å². The Morgan fingerprint density at radius 1 is 1.31 bits per heavy atom. The zero-order chi connectivity index (χ0) is 11.4. The minimum atomic E-state index is -0.275. The maximum atomic E-state index is 11.3. The molecule has 1 aromatic rings. The van der Waals surface area contributed by atoms with Crippen LogP contribution in [0.4, 0.5) is 0 Å². The van der Waals surface area contributed by atoms with Crippen LogP contribution < -0.4 is 5.32 Å². The highest BCUT2D eigenvalue weighted by molar-refractivity contribution is 5.89. The highest BCUT2D eigenvalue weighted by Gasteiger charge is 2.14. The normalized spacial score (nSPS) is 20.4. The van der Waals surface area contributed by atoms with Gasteiger partial charge in [-0.3, -0.25) is 0 Å². The van der Waals surface area contributed by atoms with Crippen LogP contribution in [0.25, 0.3) is 0 Å². The third kappa shape index (κ3) is 2.42. The molecule has 1 fully saturated rings. The van der Waals surface area contributed by atoms with Crippen molar-refractivity contribution >= 4 is 5.97 Å². The van der Waals surface area contributed by atoms with Crippen LogP contribution in [0.3, 0.4) is 0 Å². The van der Waals surface area contributed by atoms with Crippen molar-refractivity contribution in [3.63, 3.8) is 0 Å². The predicted molar refractivity (Wildman–Crippen MR) is 62.4 cm³/mol. The van der Waals surface area contributed by atoms with E-state index in [0.29, 0.717) is 11.6 Å². The topological polar surface area (TPSA) is 38.3 Å². The molecule has 0 amide bonds. The van der Waals surface area contributed by atoms with Crippen LogP contribution in [-0.4, -0.2) is 19.6 Å². The molecule has 16 heavy (non-hydrogen) atoms. The second kappa shape index (κ2) is 5.12. The zero-order valence-electron chi connectivity index (χ0n) is 9.53. The van der Waals surface area contributed by atoms with Crippen LogP contribution in [0.5, 0.6) is 0 Å². The Morgan fingerprint density at radius 2 is 2.06 bits per heavy atom. The van der Waals surface area contributed by atoms with Crippen molar-refractivity contribution in [3.8, 4) is 0 Å². The zero-order valence-corrected chi connectivity index (χ0v) is 9.53. The standard InChI is InChI=1S/C13H17NO2/c1-16-13(15)11-7-5-10(6-8-11)12-4-2-3-9-14-12/h5-8,12,14H,2-4,9H2,1H3/t12-/m1/s1. The van der Waals surface area contributed by atoms with Gasteiger partial charge >= 0.3 is 5.97 Å². The number of benzene rings is 1. The van der Waals surface area contributed by atoms with Crippen molar-refractivity contribution < 1.29 is 9.53 Å². The number of esters is 1. The third-order valence-electron chi connectivity index (χ3n) is 3.04. The number of methoxy groups -OCH3 is 1. The summed E-state index contributed by atoms with van der Waals surface area (Å²) in [5.41, 5.74) is 1.87. The van der Waals surface area contributed by atoms with Gasteiger partial charge in [0.2, 0.25) is 0 Å². The fourth-order valence-corrected chi connectivity index (χ4v) is 2.11. The van der Waals surface area contributed by atoms with Crippen molar-refractivity contribution in [1.29, 1.82) is 0 Å². The first-order valence-electron chi connectivity index (χ1n) is 5.73. The van der Waals surface area contributed by atoms with Gasteiger partial charge in [0.25, 0.3) is 0 Å². The Labute approximate surface area is 95.8 Å². The molecule has 0 aromatic heterocycles. The van der Waals surface area contributed by atoms with E-state index in [1.54, 1.807) is 0 Å². The SMILES string of the molecule is COC(=O)c1ccc([C@H]2CCCCN2)cc1. The molecule has 1 aliphatic rings. The second-order valence-corrected chi connectivity index (χ2v) is 4.12. The Bertz CT molecular complexity index is 353. The first-order valence-corrected chi connectivity index (χ1v) is 5.73. The number of ether oxygens (including phenoxy) is 1. The Kier molecular flexibility index (Phi) is 3.57. The summed E-state index contributed by atoms with van der Waals surface area (Å²) in [6.07, 6.45) is 3.71. The fourth-order valence-electron chi connectivity index (χ4n) is 2.11. The van der Waals surface area contributed by atoms with Gasteiger partial charge in [0.15, 0.2) is 0 Å². The largest absolute Gasteiger partial charge is 0.465 e. The highest BCUT2D eigenvalue weighted by Crippen LogP contribution is 2.23. The number of hydrogen-bond acceptors (Lipinski definition) is 3. The molecule has 0 saturated carbocycles. The molecule has 1 aliphatic heterocycles. The first kappa shape index (κ1) is 11.1.